The molecule has 0 saturated carbocycles. The standard InChI is InChI=1S/C9H18N2O/c1-5-6-7-8(11-10)9(2,3)12-4/h1,8,11H,6-7,10H2,2-4H3. The minimum absolute atomic E-state index is 0.0959. The van der Waals surface area contributed by atoms with E-state index < -0.39 is 0 Å². The molecule has 0 aliphatic heterocycles. The lowest BCUT2D eigenvalue weighted by molar-refractivity contribution is -0.0121. The van der Waals surface area contributed by atoms with Crippen LogP contribution in [-0.2, 0) is 4.74 Å². The van der Waals surface area contributed by atoms with Crippen LogP contribution in [0.2, 0.25) is 0 Å². The Kier molecular flexibility index (Phi) is 4.91. The molecular formula is C9H18N2O. The van der Waals surface area contributed by atoms with Crippen molar-refractivity contribution >= 4 is 0 Å². The van der Waals surface area contributed by atoms with Gasteiger partial charge in [0.05, 0.1) is 11.6 Å². The third-order valence-electron chi connectivity index (χ3n) is 2.14. The van der Waals surface area contributed by atoms with Gasteiger partial charge < -0.3 is 4.74 Å². The van der Waals surface area contributed by atoms with E-state index in [9.17, 15) is 0 Å². The van der Waals surface area contributed by atoms with Crippen molar-refractivity contribution < 1.29 is 4.74 Å². The summed E-state index contributed by atoms with van der Waals surface area (Å²) in [7, 11) is 1.67. The van der Waals surface area contributed by atoms with E-state index in [1.165, 1.54) is 0 Å². The van der Waals surface area contributed by atoms with E-state index in [4.69, 9.17) is 17.0 Å². The van der Waals surface area contributed by atoms with Crippen molar-refractivity contribution in [1.29, 1.82) is 0 Å². The number of ether oxygens (including phenoxy) is 1. The van der Waals surface area contributed by atoms with Gasteiger partial charge >= 0.3 is 0 Å². The van der Waals surface area contributed by atoms with Crippen LogP contribution >= 0.6 is 0 Å². The summed E-state index contributed by atoms with van der Waals surface area (Å²) in [6.45, 7) is 3.96. The van der Waals surface area contributed by atoms with E-state index in [2.05, 4.69) is 11.3 Å². The fourth-order valence-corrected chi connectivity index (χ4v) is 1.00. The molecule has 1 atom stereocenters. The molecular weight excluding hydrogens is 152 g/mol. The molecule has 3 N–H and O–H groups in total. The molecule has 12 heavy (non-hydrogen) atoms. The summed E-state index contributed by atoms with van der Waals surface area (Å²) >= 11 is 0. The number of hydrogen-bond acceptors (Lipinski definition) is 3. The van der Waals surface area contributed by atoms with Crippen LogP contribution in [-0.4, -0.2) is 18.8 Å². The van der Waals surface area contributed by atoms with Crippen molar-refractivity contribution in [3.63, 3.8) is 0 Å². The molecule has 0 fully saturated rings. The lowest BCUT2D eigenvalue weighted by Gasteiger charge is -2.32. The third kappa shape index (κ3) is 3.22. The monoisotopic (exact) mass is 170 g/mol. The number of hydrazine groups is 1. The number of nitrogens with two attached hydrogens (primary N) is 1. The smallest absolute Gasteiger partial charge is 0.0788 e. The maximum atomic E-state index is 5.38. The highest BCUT2D eigenvalue weighted by Crippen LogP contribution is 2.16. The van der Waals surface area contributed by atoms with Gasteiger partial charge in [-0.1, -0.05) is 0 Å². The van der Waals surface area contributed by atoms with Crippen LogP contribution in [0, 0.1) is 12.3 Å². The van der Waals surface area contributed by atoms with Crippen LogP contribution < -0.4 is 11.3 Å². The second-order valence-electron chi connectivity index (χ2n) is 3.27. The van der Waals surface area contributed by atoms with Crippen molar-refractivity contribution in [3.05, 3.63) is 0 Å². The van der Waals surface area contributed by atoms with Gasteiger partial charge in [-0.3, -0.25) is 11.3 Å². The largest absolute Gasteiger partial charge is 0.377 e. The molecule has 0 spiro atoms. The van der Waals surface area contributed by atoms with Gasteiger partial charge in [-0.05, 0) is 20.3 Å². The highest BCUT2D eigenvalue weighted by Gasteiger charge is 2.27. The zero-order chi connectivity index (χ0) is 9.61. The molecule has 0 aliphatic rings. The molecule has 0 radical (unpaired) electrons. The van der Waals surface area contributed by atoms with Crippen LogP contribution in [0.5, 0.6) is 0 Å². The van der Waals surface area contributed by atoms with Gasteiger partial charge in [0, 0.05) is 13.5 Å². The minimum Gasteiger partial charge on any atom is -0.377 e. The summed E-state index contributed by atoms with van der Waals surface area (Å²) in [6, 6.07) is 0.0959. The zero-order valence-corrected chi connectivity index (χ0v) is 8.05. The molecule has 0 rings (SSSR count). The van der Waals surface area contributed by atoms with Crippen LogP contribution in [0.15, 0.2) is 0 Å². The van der Waals surface area contributed by atoms with Gasteiger partial charge in [-0.25, -0.2) is 0 Å². The molecule has 0 amide bonds. The Hall–Kier alpha value is -0.560. The average molecular weight is 170 g/mol. The van der Waals surface area contributed by atoms with E-state index >= 15 is 0 Å². The van der Waals surface area contributed by atoms with Gasteiger partial charge in [0.25, 0.3) is 0 Å². The second kappa shape index (κ2) is 5.15. The first-order valence-electron chi connectivity index (χ1n) is 4.03. The molecule has 1 unspecified atom stereocenters. The number of terminal acetylenes is 1. The molecule has 3 nitrogen and oxygen atoms in total. The maximum absolute atomic E-state index is 5.38. The molecule has 0 heterocycles. The van der Waals surface area contributed by atoms with Gasteiger partial charge in [0.1, 0.15) is 0 Å². The molecule has 0 aromatic carbocycles. The van der Waals surface area contributed by atoms with E-state index in [0.29, 0.717) is 6.42 Å². The molecule has 3 heteroatoms. The Morgan fingerprint density at radius 1 is 1.67 bits per heavy atom. The molecule has 0 aromatic heterocycles. The van der Waals surface area contributed by atoms with Crippen LogP contribution in [0.1, 0.15) is 26.7 Å². The summed E-state index contributed by atoms with van der Waals surface area (Å²) in [5.41, 5.74) is 2.44. The molecule has 0 saturated heterocycles. The number of nitrogens with one attached hydrogen (secondary N) is 1. The first-order valence-corrected chi connectivity index (χ1v) is 4.03. The Morgan fingerprint density at radius 2 is 2.25 bits per heavy atom. The number of methoxy groups -OCH3 is 1. The summed E-state index contributed by atoms with van der Waals surface area (Å²) in [6.07, 6.45) is 6.69. The summed E-state index contributed by atoms with van der Waals surface area (Å²) in [4.78, 5) is 0. The van der Waals surface area contributed by atoms with Crippen LogP contribution in [0.25, 0.3) is 0 Å². The van der Waals surface area contributed by atoms with Crippen LogP contribution in [0.4, 0.5) is 0 Å². The van der Waals surface area contributed by atoms with Crippen molar-refractivity contribution in [1.82, 2.24) is 5.43 Å². The summed E-state index contributed by atoms with van der Waals surface area (Å²) in [5, 5.41) is 0. The topological polar surface area (TPSA) is 47.3 Å². The predicted octanol–water partition coefficient (Wildman–Crippen LogP) is 0.657. The highest BCUT2D eigenvalue weighted by atomic mass is 16.5. The first-order chi connectivity index (χ1) is 5.58. The van der Waals surface area contributed by atoms with E-state index in [1.807, 2.05) is 13.8 Å². The zero-order valence-electron chi connectivity index (χ0n) is 8.05. The van der Waals surface area contributed by atoms with Gasteiger partial charge in [0.2, 0.25) is 0 Å². The van der Waals surface area contributed by atoms with E-state index in [1.54, 1.807) is 7.11 Å². The molecule has 0 aliphatic carbocycles. The fraction of sp³-hybridized carbons (Fsp3) is 0.778. The second-order valence-corrected chi connectivity index (χ2v) is 3.27. The van der Waals surface area contributed by atoms with E-state index in [0.717, 1.165) is 6.42 Å². The Morgan fingerprint density at radius 3 is 2.58 bits per heavy atom. The van der Waals surface area contributed by atoms with Crippen molar-refractivity contribution in [3.8, 4) is 12.3 Å². The lowest BCUT2D eigenvalue weighted by atomic mass is 9.95. The Balaban J connectivity index is 4.06. The number of hydrogen-bond donors (Lipinski definition) is 2. The van der Waals surface area contributed by atoms with E-state index in [-0.39, 0.29) is 11.6 Å². The van der Waals surface area contributed by atoms with Crippen molar-refractivity contribution in [2.45, 2.75) is 38.3 Å². The van der Waals surface area contributed by atoms with Gasteiger partial charge in [0.15, 0.2) is 0 Å². The number of rotatable bonds is 5. The van der Waals surface area contributed by atoms with Crippen LogP contribution in [0.3, 0.4) is 0 Å². The highest BCUT2D eigenvalue weighted by molar-refractivity contribution is 4.90. The molecule has 70 valence electrons. The normalized spacial score (nSPS) is 13.9. The predicted molar refractivity (Wildman–Crippen MR) is 50.3 cm³/mol. The van der Waals surface area contributed by atoms with Gasteiger partial charge in [-0.15, -0.1) is 12.3 Å². The summed E-state index contributed by atoms with van der Waals surface area (Å²) in [5.74, 6) is 7.95. The summed E-state index contributed by atoms with van der Waals surface area (Å²) < 4.78 is 5.28. The Bertz CT molecular complexity index is 160. The quantitative estimate of drug-likeness (QED) is 0.362. The Labute approximate surface area is 74.6 Å². The maximum Gasteiger partial charge on any atom is 0.0788 e. The molecule has 0 bridgehead atoms. The average Bonchev–Trinajstić information content (AvgIpc) is 2.05. The van der Waals surface area contributed by atoms with Gasteiger partial charge in [-0.2, -0.15) is 0 Å². The molecule has 0 aromatic rings. The lowest BCUT2D eigenvalue weighted by Crippen LogP contribution is -2.50. The van der Waals surface area contributed by atoms with Crippen molar-refractivity contribution in [2.75, 3.05) is 7.11 Å². The fourth-order valence-electron chi connectivity index (χ4n) is 1.00. The minimum atomic E-state index is -0.272. The third-order valence-corrected chi connectivity index (χ3v) is 2.14. The SMILES string of the molecule is C#CCCC(NN)C(C)(C)OC. The van der Waals surface area contributed by atoms with Crippen molar-refractivity contribution in [2.24, 2.45) is 5.84 Å². The first kappa shape index (κ1) is 11.4.